The molecule has 0 saturated heterocycles. The highest BCUT2D eigenvalue weighted by atomic mass is 16.6. The smallest absolute Gasteiger partial charge is 0.317 e. The molecule has 0 radical (unpaired) electrons. The molecule has 0 bridgehead atoms. The maximum atomic E-state index is 11.8. The number of ether oxygens (including phenoxy) is 1. The van der Waals surface area contributed by atoms with Gasteiger partial charge >= 0.3 is 11.9 Å². The molecule has 0 atom stereocenters. The largest absolute Gasteiger partial charge is 0.393 e. The molecule has 3 heteroatoms. The second-order valence-corrected chi connectivity index (χ2v) is 10.1. The highest BCUT2D eigenvalue weighted by Crippen LogP contribution is 2.00. The molecule has 0 aromatic rings. The predicted octanol–water partition coefficient (Wildman–Crippen LogP) is 12.2. The van der Waals surface area contributed by atoms with Crippen LogP contribution in [0.1, 0.15) is 104 Å². The molecule has 0 aliphatic carbocycles. The van der Waals surface area contributed by atoms with Crippen molar-refractivity contribution in [3.05, 3.63) is 146 Å². The Morgan fingerprint density at radius 2 is 0.489 bits per heavy atom. The first kappa shape index (κ1) is 41.0. The van der Waals surface area contributed by atoms with Crippen LogP contribution in [0.25, 0.3) is 0 Å². The van der Waals surface area contributed by atoms with E-state index in [9.17, 15) is 9.59 Å². The standard InChI is InChI=1S/C42H58O3/c1-3-5-7-9-11-13-15-17-19-21-23-25-27-29-31-33-35-37-39-41(43)45-42(44)40-38-36-34-32-30-28-26-24-22-20-18-16-14-12-10-8-6-4-2/h5-8,11-14,17-20,23-26,29-32,35-38H,3-4,9-10,15-16,21-22,27-28,33-34,39-40H2,1-2H3. The van der Waals surface area contributed by atoms with Crippen molar-refractivity contribution in [2.75, 3.05) is 0 Å². The topological polar surface area (TPSA) is 43.4 Å². The van der Waals surface area contributed by atoms with E-state index < -0.39 is 11.9 Å². The fourth-order valence-electron chi connectivity index (χ4n) is 3.61. The van der Waals surface area contributed by atoms with Crippen molar-refractivity contribution in [1.82, 2.24) is 0 Å². The Balaban J connectivity index is 3.78. The van der Waals surface area contributed by atoms with Gasteiger partial charge in [0.25, 0.3) is 0 Å². The lowest BCUT2D eigenvalue weighted by molar-refractivity contribution is -0.158. The Morgan fingerprint density at radius 1 is 0.311 bits per heavy atom. The Hall–Kier alpha value is -3.98. The Bertz CT molecular complexity index is 995. The van der Waals surface area contributed by atoms with Crippen LogP contribution >= 0.6 is 0 Å². The van der Waals surface area contributed by atoms with Crippen molar-refractivity contribution in [1.29, 1.82) is 0 Å². The van der Waals surface area contributed by atoms with E-state index in [0.29, 0.717) is 0 Å². The molecule has 0 rings (SSSR count). The fourth-order valence-corrected chi connectivity index (χ4v) is 3.61. The van der Waals surface area contributed by atoms with E-state index in [1.807, 2.05) is 12.2 Å². The molecule has 0 aromatic carbocycles. The summed E-state index contributed by atoms with van der Waals surface area (Å²) in [5.41, 5.74) is 0. The summed E-state index contributed by atoms with van der Waals surface area (Å²) in [6.07, 6.45) is 62.1. The predicted molar refractivity (Wildman–Crippen MR) is 197 cm³/mol. The number of hydrogen-bond acceptors (Lipinski definition) is 3. The summed E-state index contributed by atoms with van der Waals surface area (Å²) in [6.45, 7) is 4.29. The van der Waals surface area contributed by atoms with Crippen molar-refractivity contribution in [2.24, 2.45) is 0 Å². The first-order valence-corrected chi connectivity index (χ1v) is 16.7. The van der Waals surface area contributed by atoms with Gasteiger partial charge in [-0.15, -0.1) is 0 Å². The third-order valence-electron chi connectivity index (χ3n) is 5.99. The van der Waals surface area contributed by atoms with Crippen LogP contribution in [0.4, 0.5) is 0 Å². The van der Waals surface area contributed by atoms with Crippen LogP contribution in [0.3, 0.4) is 0 Å². The van der Waals surface area contributed by atoms with E-state index in [1.165, 1.54) is 0 Å². The van der Waals surface area contributed by atoms with Gasteiger partial charge in [-0.3, -0.25) is 9.59 Å². The molecule has 0 spiro atoms. The molecule has 3 nitrogen and oxygen atoms in total. The molecular weight excluding hydrogens is 552 g/mol. The summed E-state index contributed by atoms with van der Waals surface area (Å²) < 4.78 is 4.86. The summed E-state index contributed by atoms with van der Waals surface area (Å²) in [7, 11) is 0. The van der Waals surface area contributed by atoms with Crippen LogP contribution in [-0.4, -0.2) is 11.9 Å². The molecule has 45 heavy (non-hydrogen) atoms. The Kier molecular flexibility index (Phi) is 33.0. The Morgan fingerprint density at radius 3 is 0.689 bits per heavy atom. The zero-order valence-electron chi connectivity index (χ0n) is 28.0. The van der Waals surface area contributed by atoms with Crippen LogP contribution in [0.5, 0.6) is 0 Å². The third kappa shape index (κ3) is 36.1. The zero-order chi connectivity index (χ0) is 32.7. The van der Waals surface area contributed by atoms with Crippen LogP contribution < -0.4 is 0 Å². The molecule has 0 amide bonds. The average molecular weight is 611 g/mol. The van der Waals surface area contributed by atoms with E-state index in [4.69, 9.17) is 4.74 Å². The summed E-state index contributed by atoms with van der Waals surface area (Å²) in [5, 5.41) is 0. The van der Waals surface area contributed by atoms with Gasteiger partial charge in [-0.2, -0.15) is 0 Å². The van der Waals surface area contributed by atoms with Gasteiger partial charge in [0, 0.05) is 0 Å². The molecule has 0 aliphatic rings. The monoisotopic (exact) mass is 610 g/mol. The maximum absolute atomic E-state index is 11.8. The van der Waals surface area contributed by atoms with Gasteiger partial charge in [0.05, 0.1) is 12.8 Å². The summed E-state index contributed by atoms with van der Waals surface area (Å²) >= 11 is 0. The second-order valence-electron chi connectivity index (χ2n) is 10.1. The van der Waals surface area contributed by atoms with Crippen LogP contribution in [0.15, 0.2) is 146 Å². The second kappa shape index (κ2) is 36.2. The molecular formula is C42H58O3. The van der Waals surface area contributed by atoms with E-state index in [0.717, 1.165) is 77.0 Å². The number of carbonyl (C=O) groups is 2. The molecule has 0 aromatic heterocycles. The quantitative estimate of drug-likeness (QED) is 0.0556. The van der Waals surface area contributed by atoms with Crippen LogP contribution in [-0.2, 0) is 14.3 Å². The number of carbonyl (C=O) groups excluding carboxylic acids is 2. The molecule has 0 heterocycles. The molecule has 0 N–H and O–H groups in total. The highest BCUT2D eigenvalue weighted by molar-refractivity contribution is 5.86. The van der Waals surface area contributed by atoms with Crippen molar-refractivity contribution in [3.63, 3.8) is 0 Å². The minimum atomic E-state index is -0.522. The van der Waals surface area contributed by atoms with E-state index >= 15 is 0 Å². The molecule has 0 aliphatic heterocycles. The van der Waals surface area contributed by atoms with Gasteiger partial charge in [0.2, 0.25) is 0 Å². The average Bonchev–Trinajstić information content (AvgIpc) is 3.03. The van der Waals surface area contributed by atoms with Crippen molar-refractivity contribution in [3.8, 4) is 0 Å². The normalized spacial score (nSPS) is 13.5. The lowest BCUT2D eigenvalue weighted by Gasteiger charge is -1.98. The van der Waals surface area contributed by atoms with E-state index in [1.54, 1.807) is 12.2 Å². The number of esters is 2. The highest BCUT2D eigenvalue weighted by Gasteiger charge is 2.06. The maximum Gasteiger partial charge on any atom is 0.317 e. The molecule has 0 saturated carbocycles. The van der Waals surface area contributed by atoms with Crippen molar-refractivity contribution < 1.29 is 14.3 Å². The lowest BCUT2D eigenvalue weighted by atomic mass is 10.2. The van der Waals surface area contributed by atoms with E-state index in [2.05, 4.69) is 135 Å². The van der Waals surface area contributed by atoms with Gasteiger partial charge in [0.15, 0.2) is 0 Å². The van der Waals surface area contributed by atoms with Crippen LogP contribution in [0.2, 0.25) is 0 Å². The lowest BCUT2D eigenvalue weighted by Crippen LogP contribution is -2.10. The van der Waals surface area contributed by atoms with Crippen molar-refractivity contribution in [2.45, 2.75) is 104 Å². The van der Waals surface area contributed by atoms with E-state index in [-0.39, 0.29) is 12.8 Å². The Labute approximate surface area is 275 Å². The van der Waals surface area contributed by atoms with Gasteiger partial charge in [-0.25, -0.2) is 0 Å². The molecule has 0 fully saturated rings. The van der Waals surface area contributed by atoms with Crippen LogP contribution in [0, 0.1) is 0 Å². The fraction of sp³-hybridized carbons (Fsp3) is 0.381. The summed E-state index contributed by atoms with van der Waals surface area (Å²) in [4.78, 5) is 23.7. The first-order valence-electron chi connectivity index (χ1n) is 16.7. The summed E-state index contributed by atoms with van der Waals surface area (Å²) in [5.74, 6) is -1.04. The number of allylic oxidation sites excluding steroid dienone is 22. The number of rotatable bonds is 26. The van der Waals surface area contributed by atoms with Gasteiger partial charge in [-0.05, 0) is 77.0 Å². The number of hydrogen-bond donors (Lipinski definition) is 0. The molecule has 0 unspecified atom stereocenters. The summed E-state index contributed by atoms with van der Waals surface area (Å²) in [6, 6.07) is 0. The van der Waals surface area contributed by atoms with Gasteiger partial charge in [-0.1, -0.05) is 160 Å². The van der Waals surface area contributed by atoms with Gasteiger partial charge < -0.3 is 4.74 Å². The first-order chi connectivity index (χ1) is 22.2. The molecule has 244 valence electrons. The van der Waals surface area contributed by atoms with Gasteiger partial charge in [0.1, 0.15) is 0 Å². The zero-order valence-corrected chi connectivity index (χ0v) is 28.0. The SMILES string of the molecule is CCC=CCC=CCC=CCC=CCC=CCC=CCC(=O)OC(=O)CC=CCC=CCC=CCC=CCC=CCC=CCC. The minimum Gasteiger partial charge on any atom is -0.393 e. The third-order valence-corrected chi connectivity index (χ3v) is 5.99. The minimum absolute atomic E-state index is 0.0974. The van der Waals surface area contributed by atoms with Crippen molar-refractivity contribution >= 4 is 11.9 Å².